The molecule has 0 aromatic heterocycles. The molecule has 6 nitrogen and oxygen atoms in total. The third kappa shape index (κ3) is 65.4. The second kappa shape index (κ2) is 68.8. The van der Waals surface area contributed by atoms with Crippen LogP contribution in [0.2, 0.25) is 0 Å². The first kappa shape index (κ1) is 77.3. The molecule has 0 aromatic carbocycles. The molecule has 0 aromatic rings. The first-order valence-electron chi connectivity index (χ1n) is 36.1. The number of unbranched alkanes of at least 4 members (excludes halogenated alkanes) is 55. The van der Waals surface area contributed by atoms with Crippen LogP contribution in [-0.4, -0.2) is 47.4 Å². The predicted molar refractivity (Wildman–Crippen MR) is 347 cm³/mol. The molecule has 0 heterocycles. The molecular formula is C73H141NO5. The Morgan fingerprint density at radius 1 is 0.342 bits per heavy atom. The van der Waals surface area contributed by atoms with Crippen LogP contribution >= 0.6 is 0 Å². The Morgan fingerprint density at radius 2 is 0.595 bits per heavy atom. The fourth-order valence-electron chi connectivity index (χ4n) is 11.5. The van der Waals surface area contributed by atoms with Crippen LogP contribution in [0.3, 0.4) is 0 Å². The van der Waals surface area contributed by atoms with Crippen LogP contribution in [0.25, 0.3) is 0 Å². The van der Waals surface area contributed by atoms with E-state index in [4.69, 9.17) is 4.74 Å². The Kier molecular flexibility index (Phi) is 67.4. The lowest BCUT2D eigenvalue weighted by atomic mass is 10.0. The maximum absolute atomic E-state index is 12.5. The van der Waals surface area contributed by atoms with E-state index in [0.29, 0.717) is 19.4 Å². The van der Waals surface area contributed by atoms with Crippen LogP contribution < -0.4 is 5.32 Å². The summed E-state index contributed by atoms with van der Waals surface area (Å²) in [6.45, 7) is 4.94. The Morgan fingerprint density at radius 3 is 0.899 bits per heavy atom. The van der Waals surface area contributed by atoms with E-state index in [1.54, 1.807) is 6.08 Å². The number of nitrogens with one attached hydrogen (secondary N) is 1. The van der Waals surface area contributed by atoms with Crippen molar-refractivity contribution in [2.24, 2.45) is 0 Å². The van der Waals surface area contributed by atoms with Gasteiger partial charge in [0.15, 0.2) is 0 Å². The van der Waals surface area contributed by atoms with E-state index < -0.39 is 12.1 Å². The van der Waals surface area contributed by atoms with Crippen molar-refractivity contribution in [3.05, 3.63) is 24.3 Å². The molecule has 0 bridgehead atoms. The molecule has 2 unspecified atom stereocenters. The van der Waals surface area contributed by atoms with Gasteiger partial charge in [-0.05, 0) is 57.8 Å². The maximum Gasteiger partial charge on any atom is 0.305 e. The standard InChI is InChI=1S/C73H141NO5/c1-3-5-7-9-11-13-15-17-19-20-21-31-34-38-41-45-49-53-57-61-65-71(76)70(69-75)74-72(77)66-62-58-54-50-46-42-39-35-32-29-27-25-23-22-24-26-28-30-33-36-40-44-48-52-56-60-64-68-79-73(78)67-63-59-55-51-47-43-37-18-16-14-12-10-8-6-4-2/h18,37,61,65,70-71,75-76H,3-17,19-36,38-60,62-64,66-69H2,1-2H3,(H,74,77)/b37-18-,65-61+. The highest BCUT2D eigenvalue weighted by atomic mass is 16.5. The lowest BCUT2D eigenvalue weighted by molar-refractivity contribution is -0.143. The molecule has 0 aliphatic carbocycles. The molecular weight excluding hydrogens is 971 g/mol. The summed E-state index contributed by atoms with van der Waals surface area (Å²) in [5, 5.41) is 23.2. The second-order valence-electron chi connectivity index (χ2n) is 24.9. The average molecular weight is 1110 g/mol. The van der Waals surface area contributed by atoms with Gasteiger partial charge in [0.2, 0.25) is 5.91 Å². The Hall–Kier alpha value is -1.66. The number of hydrogen-bond donors (Lipinski definition) is 3. The van der Waals surface area contributed by atoms with Gasteiger partial charge in [0.1, 0.15) is 0 Å². The first-order valence-corrected chi connectivity index (χ1v) is 36.1. The molecule has 0 rings (SSSR count). The van der Waals surface area contributed by atoms with Gasteiger partial charge in [-0.25, -0.2) is 0 Å². The van der Waals surface area contributed by atoms with Crippen molar-refractivity contribution in [3.8, 4) is 0 Å². The zero-order valence-corrected chi connectivity index (χ0v) is 53.6. The van der Waals surface area contributed by atoms with Gasteiger partial charge in [0.05, 0.1) is 25.4 Å². The highest BCUT2D eigenvalue weighted by Gasteiger charge is 2.18. The smallest absolute Gasteiger partial charge is 0.305 e. The van der Waals surface area contributed by atoms with Crippen LogP contribution in [0.4, 0.5) is 0 Å². The van der Waals surface area contributed by atoms with Gasteiger partial charge < -0.3 is 20.3 Å². The molecule has 0 spiro atoms. The third-order valence-corrected chi connectivity index (χ3v) is 17.0. The molecule has 79 heavy (non-hydrogen) atoms. The van der Waals surface area contributed by atoms with Crippen molar-refractivity contribution >= 4 is 11.9 Å². The predicted octanol–water partition coefficient (Wildman–Crippen LogP) is 23.3. The third-order valence-electron chi connectivity index (χ3n) is 17.0. The minimum atomic E-state index is -0.843. The summed E-state index contributed by atoms with van der Waals surface area (Å²) in [6.07, 6.45) is 86.9. The summed E-state index contributed by atoms with van der Waals surface area (Å²) in [5.74, 6) is -0.0507. The fraction of sp³-hybridized carbons (Fsp3) is 0.918. The van der Waals surface area contributed by atoms with Crippen LogP contribution in [0, 0.1) is 0 Å². The molecule has 1 amide bonds. The minimum absolute atomic E-state index is 0.0105. The van der Waals surface area contributed by atoms with Crippen LogP contribution in [0.1, 0.15) is 406 Å². The number of rotatable bonds is 68. The van der Waals surface area contributed by atoms with E-state index in [9.17, 15) is 19.8 Å². The largest absolute Gasteiger partial charge is 0.466 e. The molecule has 468 valence electrons. The molecule has 0 radical (unpaired) electrons. The zero-order chi connectivity index (χ0) is 57.1. The minimum Gasteiger partial charge on any atom is -0.466 e. The van der Waals surface area contributed by atoms with Gasteiger partial charge in [0.25, 0.3) is 0 Å². The van der Waals surface area contributed by atoms with Gasteiger partial charge >= 0.3 is 5.97 Å². The van der Waals surface area contributed by atoms with Gasteiger partial charge in [-0.15, -0.1) is 0 Å². The Bertz CT molecular complexity index is 1230. The fourth-order valence-corrected chi connectivity index (χ4v) is 11.5. The molecule has 6 heteroatoms. The van der Waals surface area contributed by atoms with E-state index in [0.717, 1.165) is 44.9 Å². The Labute approximate surface area is 494 Å². The number of carbonyl (C=O) groups excluding carboxylic acids is 2. The van der Waals surface area contributed by atoms with Crippen molar-refractivity contribution in [2.75, 3.05) is 13.2 Å². The molecule has 0 saturated heterocycles. The van der Waals surface area contributed by atoms with Crippen LogP contribution in [0.5, 0.6) is 0 Å². The van der Waals surface area contributed by atoms with Gasteiger partial charge in [-0.1, -0.05) is 359 Å². The van der Waals surface area contributed by atoms with Crippen LogP contribution in [0.15, 0.2) is 24.3 Å². The van der Waals surface area contributed by atoms with Crippen molar-refractivity contribution < 1.29 is 24.5 Å². The van der Waals surface area contributed by atoms with E-state index in [1.165, 1.54) is 334 Å². The number of aliphatic hydroxyl groups excluding tert-OH is 2. The number of aliphatic hydroxyl groups is 2. The van der Waals surface area contributed by atoms with Gasteiger partial charge in [-0.3, -0.25) is 9.59 Å². The topological polar surface area (TPSA) is 95.9 Å². The van der Waals surface area contributed by atoms with Crippen molar-refractivity contribution in [3.63, 3.8) is 0 Å². The van der Waals surface area contributed by atoms with Crippen molar-refractivity contribution in [2.45, 2.75) is 418 Å². The van der Waals surface area contributed by atoms with Gasteiger partial charge in [-0.2, -0.15) is 0 Å². The number of hydrogen-bond acceptors (Lipinski definition) is 5. The number of ether oxygens (including phenoxy) is 1. The van der Waals surface area contributed by atoms with E-state index in [1.807, 2.05) is 6.08 Å². The molecule has 3 N–H and O–H groups in total. The Balaban J connectivity index is 3.37. The second-order valence-corrected chi connectivity index (χ2v) is 24.9. The molecule has 2 atom stereocenters. The molecule has 0 fully saturated rings. The maximum atomic E-state index is 12.5. The highest BCUT2D eigenvalue weighted by Crippen LogP contribution is 2.19. The zero-order valence-electron chi connectivity index (χ0n) is 53.6. The van der Waals surface area contributed by atoms with E-state index in [-0.39, 0.29) is 18.5 Å². The molecule has 0 aliphatic heterocycles. The van der Waals surface area contributed by atoms with Crippen molar-refractivity contribution in [1.82, 2.24) is 5.32 Å². The average Bonchev–Trinajstić information content (AvgIpc) is 3.45. The number of carbonyl (C=O) groups is 2. The lowest BCUT2D eigenvalue weighted by Gasteiger charge is -2.20. The normalized spacial score (nSPS) is 12.6. The first-order chi connectivity index (χ1) is 39.0. The molecule has 0 saturated carbocycles. The molecule has 0 aliphatic rings. The van der Waals surface area contributed by atoms with Crippen molar-refractivity contribution in [1.29, 1.82) is 0 Å². The SMILES string of the molecule is CCCCCCCC/C=C\CCCCCCCC(=O)OCCCCCCCCCCCCCCCCCCCCCCCCCCCCCC(=O)NC(CO)C(O)/C=C/CCCCCCCCCCCCCCCCCCCC. The highest BCUT2D eigenvalue weighted by molar-refractivity contribution is 5.76. The quantitative estimate of drug-likeness (QED) is 0.0320. The summed E-state index contributed by atoms with van der Waals surface area (Å²) < 4.78 is 5.49. The summed E-state index contributed by atoms with van der Waals surface area (Å²) in [4.78, 5) is 24.6. The summed E-state index contributed by atoms with van der Waals surface area (Å²) in [7, 11) is 0. The number of allylic oxidation sites excluding steroid dienone is 3. The van der Waals surface area contributed by atoms with Crippen LogP contribution in [-0.2, 0) is 14.3 Å². The lowest BCUT2D eigenvalue weighted by Crippen LogP contribution is -2.45. The summed E-state index contributed by atoms with van der Waals surface area (Å²) >= 11 is 0. The number of esters is 1. The summed E-state index contributed by atoms with van der Waals surface area (Å²) in [6, 6.07) is -0.626. The number of amides is 1. The monoisotopic (exact) mass is 1110 g/mol. The van der Waals surface area contributed by atoms with E-state index >= 15 is 0 Å². The van der Waals surface area contributed by atoms with Gasteiger partial charge in [0, 0.05) is 12.8 Å². The summed E-state index contributed by atoms with van der Waals surface area (Å²) in [5.41, 5.74) is 0. The van der Waals surface area contributed by atoms with E-state index in [2.05, 4.69) is 31.3 Å².